The van der Waals surface area contributed by atoms with Gasteiger partial charge < -0.3 is 4.74 Å². The van der Waals surface area contributed by atoms with Crippen LogP contribution in [-0.2, 0) is 9.53 Å². The molecule has 19 heavy (non-hydrogen) atoms. The fourth-order valence-corrected chi connectivity index (χ4v) is 1.79. The van der Waals surface area contributed by atoms with Gasteiger partial charge in [-0.05, 0) is 39.0 Å². The van der Waals surface area contributed by atoms with Crippen LogP contribution in [0.1, 0.15) is 52.9 Å². The van der Waals surface area contributed by atoms with E-state index in [9.17, 15) is 4.79 Å². The van der Waals surface area contributed by atoms with E-state index in [-0.39, 0.29) is 12.1 Å². The first-order chi connectivity index (χ1) is 9.01. The van der Waals surface area contributed by atoms with Gasteiger partial charge >= 0.3 is 5.97 Å². The maximum absolute atomic E-state index is 11.1. The fourth-order valence-electron chi connectivity index (χ4n) is 1.79. The van der Waals surface area contributed by atoms with E-state index in [0.717, 1.165) is 25.7 Å². The summed E-state index contributed by atoms with van der Waals surface area (Å²) in [5.74, 6) is 0.384. The smallest absolute Gasteiger partial charge is 0.305 e. The Kier molecular flexibility index (Phi) is 9.87. The number of rotatable bonds is 10. The minimum atomic E-state index is -0.133. The Morgan fingerprint density at radius 3 is 2.47 bits per heavy atom. The molecule has 0 N–H and O–H groups in total. The summed E-state index contributed by atoms with van der Waals surface area (Å²) in [5, 5.41) is 0. The number of hydrogen-bond donors (Lipinski definition) is 0. The number of hydrogen-bond acceptors (Lipinski definition) is 2. The van der Waals surface area contributed by atoms with Crippen LogP contribution in [0.25, 0.3) is 0 Å². The molecule has 0 amide bonds. The molecule has 0 heterocycles. The van der Waals surface area contributed by atoms with Gasteiger partial charge in [0.15, 0.2) is 0 Å². The highest BCUT2D eigenvalue weighted by Crippen LogP contribution is 2.20. The zero-order chi connectivity index (χ0) is 14.7. The van der Waals surface area contributed by atoms with Gasteiger partial charge in [0.2, 0.25) is 0 Å². The molecule has 0 aliphatic rings. The van der Waals surface area contributed by atoms with Crippen molar-refractivity contribution in [3.63, 3.8) is 0 Å². The van der Waals surface area contributed by atoms with Gasteiger partial charge in [-0.1, -0.05) is 37.3 Å². The summed E-state index contributed by atoms with van der Waals surface area (Å²) in [6, 6.07) is 0. The summed E-state index contributed by atoms with van der Waals surface area (Å²) in [5.41, 5.74) is 1.22. The van der Waals surface area contributed by atoms with E-state index in [1.54, 1.807) is 0 Å². The molecule has 0 aliphatic heterocycles. The summed E-state index contributed by atoms with van der Waals surface area (Å²) in [7, 11) is 0. The van der Waals surface area contributed by atoms with Crippen molar-refractivity contribution in [1.29, 1.82) is 0 Å². The molecule has 0 fully saturated rings. The molecule has 0 aromatic heterocycles. The lowest BCUT2D eigenvalue weighted by atomic mass is 9.92. The van der Waals surface area contributed by atoms with E-state index in [0.29, 0.717) is 12.3 Å². The molecule has 0 saturated carbocycles. The summed E-state index contributed by atoms with van der Waals surface area (Å²) in [6.07, 6.45) is 10.5. The zero-order valence-electron chi connectivity index (χ0n) is 12.7. The molecular weight excluding hydrogens is 236 g/mol. The van der Waals surface area contributed by atoms with Crippen LogP contribution < -0.4 is 0 Å². The van der Waals surface area contributed by atoms with Gasteiger partial charge in [-0.25, -0.2) is 0 Å². The Labute approximate surface area is 118 Å². The van der Waals surface area contributed by atoms with E-state index in [2.05, 4.69) is 32.2 Å². The lowest BCUT2D eigenvalue weighted by Gasteiger charge is -2.14. The number of carbonyl (C=O) groups excluding carboxylic acids is 1. The second-order valence-corrected chi connectivity index (χ2v) is 5.01. The van der Waals surface area contributed by atoms with Gasteiger partial charge in [0.25, 0.3) is 0 Å². The summed E-state index contributed by atoms with van der Waals surface area (Å²) in [4.78, 5) is 11.1. The van der Waals surface area contributed by atoms with Crippen LogP contribution in [0.2, 0.25) is 0 Å². The van der Waals surface area contributed by atoms with E-state index >= 15 is 0 Å². The average molecular weight is 264 g/mol. The molecule has 0 aliphatic carbocycles. The molecule has 2 unspecified atom stereocenters. The molecule has 0 aromatic rings. The molecule has 0 saturated heterocycles. The van der Waals surface area contributed by atoms with Crippen molar-refractivity contribution in [1.82, 2.24) is 0 Å². The molecule has 0 aromatic carbocycles. The van der Waals surface area contributed by atoms with Crippen LogP contribution in [0.3, 0.4) is 0 Å². The minimum absolute atomic E-state index is 0.0415. The average Bonchev–Trinajstić information content (AvgIpc) is 2.37. The molecule has 0 spiro atoms. The van der Waals surface area contributed by atoms with Crippen molar-refractivity contribution in [3.8, 4) is 0 Å². The lowest BCUT2D eigenvalue weighted by molar-refractivity contribution is -0.147. The quantitative estimate of drug-likeness (QED) is 0.417. The highest BCUT2D eigenvalue weighted by molar-refractivity contribution is 5.69. The van der Waals surface area contributed by atoms with Crippen molar-refractivity contribution in [3.05, 3.63) is 37.0 Å². The summed E-state index contributed by atoms with van der Waals surface area (Å²) >= 11 is 0. The first-order valence-electron chi connectivity index (χ1n) is 7.12. The Morgan fingerprint density at radius 1 is 1.32 bits per heavy atom. The highest BCUT2D eigenvalue weighted by atomic mass is 16.5. The number of esters is 1. The van der Waals surface area contributed by atoms with Crippen molar-refractivity contribution in [2.24, 2.45) is 5.92 Å². The van der Waals surface area contributed by atoms with Crippen LogP contribution in [0.15, 0.2) is 37.0 Å². The highest BCUT2D eigenvalue weighted by Gasteiger charge is 2.07. The van der Waals surface area contributed by atoms with Crippen LogP contribution >= 0.6 is 0 Å². The Morgan fingerprint density at radius 2 is 1.95 bits per heavy atom. The van der Waals surface area contributed by atoms with Crippen LogP contribution in [-0.4, -0.2) is 12.1 Å². The molecule has 108 valence electrons. The van der Waals surface area contributed by atoms with Crippen molar-refractivity contribution in [2.75, 3.05) is 0 Å². The number of carbonyl (C=O) groups is 1. The topological polar surface area (TPSA) is 26.3 Å². The van der Waals surface area contributed by atoms with Gasteiger partial charge in [0, 0.05) is 12.8 Å². The van der Waals surface area contributed by atoms with Gasteiger partial charge in [0.05, 0.1) is 0 Å². The Hall–Kier alpha value is -1.31. The standard InChI is InChI=1S/C17H28O2/c1-6-8-12-16(14(3)4)13-10-9-11-15(5)19-17(18)7-2/h6,9-10,15-16H,1,3,7-8,11-13H2,2,4-5H3. The number of allylic oxidation sites excluding steroid dienone is 3. The third-order valence-corrected chi connectivity index (χ3v) is 3.09. The molecule has 2 atom stereocenters. The maximum Gasteiger partial charge on any atom is 0.305 e. The van der Waals surface area contributed by atoms with Crippen LogP contribution in [0.4, 0.5) is 0 Å². The first kappa shape index (κ1) is 17.7. The van der Waals surface area contributed by atoms with Gasteiger partial charge in [-0.2, -0.15) is 0 Å². The van der Waals surface area contributed by atoms with E-state index in [1.165, 1.54) is 5.57 Å². The Bertz CT molecular complexity index is 315. The van der Waals surface area contributed by atoms with Crippen molar-refractivity contribution in [2.45, 2.75) is 59.0 Å². The second-order valence-electron chi connectivity index (χ2n) is 5.01. The number of ether oxygens (including phenoxy) is 1. The molecule has 0 bridgehead atoms. The molecule has 0 radical (unpaired) electrons. The first-order valence-corrected chi connectivity index (χ1v) is 7.12. The van der Waals surface area contributed by atoms with Crippen LogP contribution in [0.5, 0.6) is 0 Å². The third kappa shape index (κ3) is 9.29. The van der Waals surface area contributed by atoms with Crippen LogP contribution in [0, 0.1) is 5.92 Å². The molecule has 0 rings (SSSR count). The Balaban J connectivity index is 4.00. The second kappa shape index (κ2) is 10.6. The third-order valence-electron chi connectivity index (χ3n) is 3.09. The van der Waals surface area contributed by atoms with E-state index in [4.69, 9.17) is 4.74 Å². The predicted molar refractivity (Wildman–Crippen MR) is 82.0 cm³/mol. The lowest BCUT2D eigenvalue weighted by Crippen LogP contribution is -2.12. The summed E-state index contributed by atoms with van der Waals surface area (Å²) < 4.78 is 5.20. The van der Waals surface area contributed by atoms with Gasteiger partial charge in [0.1, 0.15) is 6.10 Å². The largest absolute Gasteiger partial charge is 0.462 e. The molecular formula is C17H28O2. The molecule has 2 nitrogen and oxygen atoms in total. The van der Waals surface area contributed by atoms with Gasteiger partial charge in [-0.15, -0.1) is 6.58 Å². The molecule has 2 heteroatoms. The maximum atomic E-state index is 11.1. The minimum Gasteiger partial charge on any atom is -0.462 e. The van der Waals surface area contributed by atoms with Crippen molar-refractivity contribution < 1.29 is 9.53 Å². The monoisotopic (exact) mass is 264 g/mol. The fraction of sp³-hybridized carbons (Fsp3) is 0.588. The van der Waals surface area contributed by atoms with Gasteiger partial charge in [-0.3, -0.25) is 4.79 Å². The summed E-state index contributed by atoms with van der Waals surface area (Å²) in [6.45, 7) is 13.6. The SMILES string of the molecule is C=CCCC(CC=CCC(C)OC(=O)CC)C(=C)C. The van der Waals surface area contributed by atoms with Crippen molar-refractivity contribution >= 4 is 5.97 Å². The van der Waals surface area contributed by atoms with E-state index < -0.39 is 0 Å². The normalized spacial score (nSPS) is 14.1. The zero-order valence-corrected chi connectivity index (χ0v) is 12.7. The van der Waals surface area contributed by atoms with E-state index in [1.807, 2.05) is 19.9 Å². The predicted octanol–water partition coefficient (Wildman–Crippen LogP) is 4.82.